The molecule has 0 aliphatic carbocycles. The first-order chi connectivity index (χ1) is 7.68. The predicted octanol–water partition coefficient (Wildman–Crippen LogP) is 2.31. The minimum Gasteiger partial charge on any atom is -0.307 e. The molecule has 84 valence electrons. The highest BCUT2D eigenvalue weighted by Crippen LogP contribution is 2.11. The average Bonchev–Trinajstić information content (AvgIpc) is 2.55. The van der Waals surface area contributed by atoms with Gasteiger partial charge in [0.15, 0.2) is 0 Å². The van der Waals surface area contributed by atoms with E-state index >= 15 is 0 Å². The Morgan fingerprint density at radius 2 is 2.31 bits per heavy atom. The van der Waals surface area contributed by atoms with Crippen molar-refractivity contribution in [2.75, 3.05) is 6.54 Å². The van der Waals surface area contributed by atoms with Crippen molar-refractivity contribution in [2.45, 2.75) is 20.4 Å². The number of aryl methyl sites for hydroxylation is 1. The van der Waals surface area contributed by atoms with E-state index in [1.165, 1.54) is 5.69 Å². The molecule has 0 amide bonds. The highest BCUT2D eigenvalue weighted by Gasteiger charge is 2.06. The Bertz CT molecular complexity index is 511. The molecular weight excluding hydrogens is 198 g/mol. The van der Waals surface area contributed by atoms with Crippen LogP contribution in [0.2, 0.25) is 0 Å². The van der Waals surface area contributed by atoms with Gasteiger partial charge >= 0.3 is 0 Å². The van der Waals surface area contributed by atoms with Gasteiger partial charge < -0.3 is 9.72 Å². The predicted molar refractivity (Wildman–Crippen MR) is 66.4 cm³/mol. The summed E-state index contributed by atoms with van der Waals surface area (Å²) in [4.78, 5) is 4.51. The van der Waals surface area contributed by atoms with E-state index in [1.54, 1.807) is 0 Å². The average molecular weight is 215 g/mol. The summed E-state index contributed by atoms with van der Waals surface area (Å²) in [6, 6.07) is 6.05. The number of nitrogens with zero attached hydrogens (tertiary/aromatic N) is 2. The molecule has 1 N–H and O–H groups in total. The Labute approximate surface area is 95.8 Å². The van der Waals surface area contributed by atoms with E-state index in [4.69, 9.17) is 0 Å². The van der Waals surface area contributed by atoms with Crippen molar-refractivity contribution in [3.8, 4) is 0 Å². The molecule has 0 bridgehead atoms. The van der Waals surface area contributed by atoms with Gasteiger partial charge in [0.1, 0.15) is 5.65 Å². The lowest BCUT2D eigenvalue weighted by Crippen LogP contribution is -2.17. The third kappa shape index (κ3) is 2.14. The van der Waals surface area contributed by atoms with Gasteiger partial charge in [-0.15, -0.1) is 0 Å². The highest BCUT2D eigenvalue weighted by atomic mass is 15.0. The van der Waals surface area contributed by atoms with E-state index < -0.39 is 0 Å². The van der Waals surface area contributed by atoms with Gasteiger partial charge in [-0.25, -0.2) is 4.98 Å². The van der Waals surface area contributed by atoms with Gasteiger partial charge in [0, 0.05) is 19.3 Å². The molecular formula is C13H17N3. The Kier molecular flexibility index (Phi) is 3.06. The van der Waals surface area contributed by atoms with Crippen molar-refractivity contribution in [1.29, 1.82) is 0 Å². The fourth-order valence-corrected chi connectivity index (χ4v) is 1.77. The normalized spacial score (nSPS) is 10.9. The van der Waals surface area contributed by atoms with Crippen molar-refractivity contribution < 1.29 is 0 Å². The van der Waals surface area contributed by atoms with Crippen LogP contribution < -0.4 is 5.32 Å². The number of hydrogen-bond acceptors (Lipinski definition) is 2. The van der Waals surface area contributed by atoms with Crippen LogP contribution in [0.25, 0.3) is 5.65 Å². The standard InChI is InChI=1S/C13H17N3/c1-10(2)8-14-9-12-11(3)15-13-6-4-5-7-16(12)13/h4-7,14H,1,8-9H2,2-3H3. The minimum atomic E-state index is 0.823. The number of pyridine rings is 1. The summed E-state index contributed by atoms with van der Waals surface area (Å²) >= 11 is 0. The molecule has 2 aromatic heterocycles. The van der Waals surface area contributed by atoms with E-state index in [1.807, 2.05) is 38.2 Å². The molecule has 0 fully saturated rings. The minimum absolute atomic E-state index is 0.823. The SMILES string of the molecule is C=C(C)CNCc1c(C)nc2ccccn12. The zero-order valence-electron chi connectivity index (χ0n) is 9.83. The van der Waals surface area contributed by atoms with Gasteiger partial charge in [-0.3, -0.25) is 0 Å². The number of imidazole rings is 1. The van der Waals surface area contributed by atoms with Crippen LogP contribution in [-0.2, 0) is 6.54 Å². The first-order valence-electron chi connectivity index (χ1n) is 5.46. The van der Waals surface area contributed by atoms with E-state index in [0.29, 0.717) is 0 Å². The zero-order valence-corrected chi connectivity index (χ0v) is 9.83. The largest absolute Gasteiger partial charge is 0.307 e. The second-order valence-corrected chi connectivity index (χ2v) is 4.13. The molecule has 16 heavy (non-hydrogen) atoms. The lowest BCUT2D eigenvalue weighted by Gasteiger charge is -2.05. The summed E-state index contributed by atoms with van der Waals surface area (Å²) in [6.45, 7) is 9.61. The zero-order chi connectivity index (χ0) is 11.5. The Morgan fingerprint density at radius 1 is 1.50 bits per heavy atom. The van der Waals surface area contributed by atoms with Gasteiger partial charge in [0.25, 0.3) is 0 Å². The summed E-state index contributed by atoms with van der Waals surface area (Å²) in [5, 5.41) is 3.36. The summed E-state index contributed by atoms with van der Waals surface area (Å²) in [7, 11) is 0. The van der Waals surface area contributed by atoms with Crippen molar-refractivity contribution in [3.63, 3.8) is 0 Å². The lowest BCUT2D eigenvalue weighted by atomic mass is 10.3. The third-order valence-electron chi connectivity index (χ3n) is 2.55. The van der Waals surface area contributed by atoms with E-state index in [-0.39, 0.29) is 0 Å². The topological polar surface area (TPSA) is 29.3 Å². The summed E-state index contributed by atoms with van der Waals surface area (Å²) in [5.41, 5.74) is 4.45. The number of fused-ring (bicyclic) bond motifs is 1. The molecule has 2 aromatic rings. The van der Waals surface area contributed by atoms with E-state index in [9.17, 15) is 0 Å². The number of rotatable bonds is 4. The van der Waals surface area contributed by atoms with Crippen LogP contribution in [0.1, 0.15) is 18.3 Å². The monoisotopic (exact) mass is 215 g/mol. The maximum atomic E-state index is 4.51. The quantitative estimate of drug-likeness (QED) is 0.793. The van der Waals surface area contributed by atoms with Gasteiger partial charge in [-0.2, -0.15) is 0 Å². The molecule has 0 atom stereocenters. The molecule has 0 saturated heterocycles. The van der Waals surface area contributed by atoms with Crippen LogP contribution in [0.15, 0.2) is 36.5 Å². The van der Waals surface area contributed by atoms with Gasteiger partial charge in [0.05, 0.1) is 11.4 Å². The molecule has 2 heterocycles. The molecule has 0 unspecified atom stereocenters. The number of hydrogen-bond donors (Lipinski definition) is 1. The van der Waals surface area contributed by atoms with Crippen molar-refractivity contribution in [1.82, 2.24) is 14.7 Å². The van der Waals surface area contributed by atoms with Crippen molar-refractivity contribution >= 4 is 5.65 Å². The second-order valence-electron chi connectivity index (χ2n) is 4.13. The highest BCUT2D eigenvalue weighted by molar-refractivity contribution is 5.42. The molecule has 0 spiro atoms. The molecule has 0 aromatic carbocycles. The fourth-order valence-electron chi connectivity index (χ4n) is 1.77. The van der Waals surface area contributed by atoms with Gasteiger partial charge in [-0.1, -0.05) is 18.2 Å². The Hall–Kier alpha value is -1.61. The lowest BCUT2D eigenvalue weighted by molar-refractivity contribution is 0.714. The van der Waals surface area contributed by atoms with Crippen LogP contribution in [-0.4, -0.2) is 15.9 Å². The van der Waals surface area contributed by atoms with Gasteiger partial charge in [-0.05, 0) is 26.0 Å². The molecule has 3 heteroatoms. The van der Waals surface area contributed by atoms with Crippen LogP contribution in [0.3, 0.4) is 0 Å². The molecule has 0 radical (unpaired) electrons. The molecule has 0 aliphatic heterocycles. The fraction of sp³-hybridized carbons (Fsp3) is 0.308. The molecule has 2 rings (SSSR count). The summed E-state index contributed by atoms with van der Waals surface area (Å²) in [5.74, 6) is 0. The maximum Gasteiger partial charge on any atom is 0.137 e. The van der Waals surface area contributed by atoms with Crippen LogP contribution >= 0.6 is 0 Å². The first kappa shape index (κ1) is 10.9. The van der Waals surface area contributed by atoms with Crippen LogP contribution in [0, 0.1) is 6.92 Å². The molecule has 0 saturated carbocycles. The smallest absolute Gasteiger partial charge is 0.137 e. The van der Waals surface area contributed by atoms with Gasteiger partial charge in [0.2, 0.25) is 0 Å². The van der Waals surface area contributed by atoms with Crippen LogP contribution in [0.4, 0.5) is 0 Å². The van der Waals surface area contributed by atoms with Crippen molar-refractivity contribution in [3.05, 3.63) is 47.9 Å². The Morgan fingerprint density at radius 3 is 3.06 bits per heavy atom. The molecule has 0 aliphatic rings. The second kappa shape index (κ2) is 4.49. The van der Waals surface area contributed by atoms with E-state index in [2.05, 4.69) is 21.3 Å². The third-order valence-corrected chi connectivity index (χ3v) is 2.55. The molecule has 3 nitrogen and oxygen atoms in total. The summed E-state index contributed by atoms with van der Waals surface area (Å²) < 4.78 is 2.13. The maximum absolute atomic E-state index is 4.51. The van der Waals surface area contributed by atoms with Crippen molar-refractivity contribution in [2.24, 2.45) is 0 Å². The van der Waals surface area contributed by atoms with Crippen LogP contribution in [0.5, 0.6) is 0 Å². The number of aromatic nitrogens is 2. The number of nitrogens with one attached hydrogen (secondary N) is 1. The first-order valence-corrected chi connectivity index (χ1v) is 5.46. The Balaban J connectivity index is 2.22. The summed E-state index contributed by atoms with van der Waals surface area (Å²) in [6.07, 6.45) is 2.05. The van der Waals surface area contributed by atoms with E-state index in [0.717, 1.165) is 30.0 Å².